The molecule has 4 nitrogen and oxygen atoms in total. The average Bonchev–Trinajstić information content (AvgIpc) is 2.84. The number of hydrogen-bond acceptors (Lipinski definition) is 3. The van der Waals surface area contributed by atoms with Crippen molar-refractivity contribution >= 4 is 16.7 Å². The zero-order valence-electron chi connectivity index (χ0n) is 9.63. The molecule has 0 spiro atoms. The molecular formula is C14H11N3O. The van der Waals surface area contributed by atoms with Gasteiger partial charge in [0, 0.05) is 41.3 Å². The van der Waals surface area contributed by atoms with Gasteiger partial charge in [-0.15, -0.1) is 0 Å². The monoisotopic (exact) mass is 237 g/mol. The van der Waals surface area contributed by atoms with Gasteiger partial charge in [-0.25, -0.2) is 0 Å². The predicted molar refractivity (Wildman–Crippen MR) is 68.4 cm³/mol. The molecule has 0 atom stereocenters. The van der Waals surface area contributed by atoms with Crippen LogP contribution in [0.5, 0.6) is 0 Å². The van der Waals surface area contributed by atoms with Gasteiger partial charge in [-0.3, -0.25) is 14.8 Å². The second kappa shape index (κ2) is 4.41. The second-order valence-electron chi connectivity index (χ2n) is 4.04. The molecule has 88 valence electrons. The largest absolute Gasteiger partial charge is 0.360 e. The van der Waals surface area contributed by atoms with Crippen LogP contribution in [0.25, 0.3) is 10.9 Å². The van der Waals surface area contributed by atoms with Crippen LogP contribution in [0.2, 0.25) is 0 Å². The van der Waals surface area contributed by atoms with Crippen LogP contribution in [0, 0.1) is 0 Å². The summed E-state index contributed by atoms with van der Waals surface area (Å²) in [4.78, 5) is 23.4. The molecule has 0 saturated heterocycles. The topological polar surface area (TPSA) is 58.6 Å². The lowest BCUT2D eigenvalue weighted by atomic mass is 10.1. The minimum atomic E-state index is 0.0490. The first-order chi connectivity index (χ1) is 8.84. The number of para-hydroxylation sites is 1. The Morgan fingerprint density at radius 3 is 2.94 bits per heavy atom. The SMILES string of the molecule is O=C(Cc1cnccn1)c1c[nH]c2ccccc12. The molecule has 2 aromatic heterocycles. The number of ketones is 1. The molecule has 0 fully saturated rings. The second-order valence-corrected chi connectivity index (χ2v) is 4.04. The quantitative estimate of drug-likeness (QED) is 0.711. The van der Waals surface area contributed by atoms with Gasteiger partial charge in [-0.05, 0) is 6.07 Å². The number of rotatable bonds is 3. The number of H-pyrrole nitrogens is 1. The Labute approximate surface area is 104 Å². The third-order valence-corrected chi connectivity index (χ3v) is 2.85. The van der Waals surface area contributed by atoms with Crippen LogP contribution in [0.15, 0.2) is 49.1 Å². The highest BCUT2D eigenvalue weighted by Gasteiger charge is 2.12. The molecule has 0 radical (unpaired) electrons. The van der Waals surface area contributed by atoms with Crippen LogP contribution in [0.1, 0.15) is 16.1 Å². The first kappa shape index (κ1) is 10.7. The highest BCUT2D eigenvalue weighted by atomic mass is 16.1. The molecule has 0 amide bonds. The average molecular weight is 237 g/mol. The van der Waals surface area contributed by atoms with E-state index in [-0.39, 0.29) is 12.2 Å². The number of Topliss-reactive ketones (excluding diaryl/α,β-unsaturated/α-hetero) is 1. The van der Waals surface area contributed by atoms with E-state index in [1.54, 1.807) is 24.8 Å². The van der Waals surface area contributed by atoms with Crippen molar-refractivity contribution in [3.8, 4) is 0 Å². The maximum absolute atomic E-state index is 12.2. The zero-order chi connectivity index (χ0) is 12.4. The van der Waals surface area contributed by atoms with E-state index in [4.69, 9.17) is 0 Å². The lowest BCUT2D eigenvalue weighted by molar-refractivity contribution is 0.0993. The Morgan fingerprint density at radius 1 is 1.22 bits per heavy atom. The maximum atomic E-state index is 12.2. The van der Waals surface area contributed by atoms with Crippen LogP contribution in [0.4, 0.5) is 0 Å². The normalized spacial score (nSPS) is 10.7. The smallest absolute Gasteiger partial charge is 0.171 e. The van der Waals surface area contributed by atoms with Crippen molar-refractivity contribution in [3.63, 3.8) is 0 Å². The van der Waals surface area contributed by atoms with Crippen LogP contribution < -0.4 is 0 Å². The van der Waals surface area contributed by atoms with Gasteiger partial charge in [0.05, 0.1) is 12.1 Å². The van der Waals surface area contributed by atoms with Crippen LogP contribution in [-0.2, 0) is 6.42 Å². The van der Waals surface area contributed by atoms with E-state index < -0.39 is 0 Å². The summed E-state index contributed by atoms with van der Waals surface area (Å²) in [6.45, 7) is 0. The summed E-state index contributed by atoms with van der Waals surface area (Å²) in [5.41, 5.74) is 2.36. The molecule has 1 aromatic carbocycles. The number of hydrogen-bond donors (Lipinski definition) is 1. The number of nitrogens with zero attached hydrogens (tertiary/aromatic N) is 2. The fraction of sp³-hybridized carbons (Fsp3) is 0.0714. The molecule has 3 rings (SSSR count). The summed E-state index contributed by atoms with van der Waals surface area (Å²) in [5.74, 6) is 0.0490. The highest BCUT2D eigenvalue weighted by molar-refractivity contribution is 6.08. The maximum Gasteiger partial charge on any atom is 0.171 e. The predicted octanol–water partition coefficient (Wildman–Crippen LogP) is 2.38. The third-order valence-electron chi connectivity index (χ3n) is 2.85. The van der Waals surface area contributed by atoms with Gasteiger partial charge >= 0.3 is 0 Å². The summed E-state index contributed by atoms with van der Waals surface area (Å²) in [6.07, 6.45) is 6.84. The van der Waals surface area contributed by atoms with E-state index in [0.29, 0.717) is 11.3 Å². The number of nitrogens with one attached hydrogen (secondary N) is 1. The van der Waals surface area contributed by atoms with E-state index in [2.05, 4.69) is 15.0 Å². The molecular weight excluding hydrogens is 226 g/mol. The molecule has 2 heterocycles. The molecule has 1 N–H and O–H groups in total. The Morgan fingerprint density at radius 2 is 2.11 bits per heavy atom. The molecule has 18 heavy (non-hydrogen) atoms. The first-order valence-corrected chi connectivity index (χ1v) is 5.69. The van der Waals surface area contributed by atoms with E-state index in [9.17, 15) is 4.79 Å². The Balaban J connectivity index is 1.93. The fourth-order valence-corrected chi connectivity index (χ4v) is 1.98. The number of fused-ring (bicyclic) bond motifs is 1. The van der Waals surface area contributed by atoms with Crippen molar-refractivity contribution in [1.29, 1.82) is 0 Å². The molecule has 0 aliphatic rings. The first-order valence-electron chi connectivity index (χ1n) is 5.69. The number of benzene rings is 1. The van der Waals surface area contributed by atoms with Crippen LogP contribution in [0.3, 0.4) is 0 Å². The molecule has 3 aromatic rings. The van der Waals surface area contributed by atoms with Gasteiger partial charge in [0.2, 0.25) is 0 Å². The van der Waals surface area contributed by atoms with Crippen molar-refractivity contribution in [2.75, 3.05) is 0 Å². The molecule has 0 aliphatic heterocycles. The fourth-order valence-electron chi connectivity index (χ4n) is 1.98. The van der Waals surface area contributed by atoms with Crippen LogP contribution in [-0.4, -0.2) is 20.7 Å². The Hall–Kier alpha value is -2.49. The number of aromatic amines is 1. The number of carbonyl (C=O) groups excluding carboxylic acids is 1. The molecule has 0 unspecified atom stereocenters. The minimum Gasteiger partial charge on any atom is -0.360 e. The van der Waals surface area contributed by atoms with Crippen molar-refractivity contribution in [2.45, 2.75) is 6.42 Å². The number of aromatic nitrogens is 3. The van der Waals surface area contributed by atoms with Crippen molar-refractivity contribution in [1.82, 2.24) is 15.0 Å². The van der Waals surface area contributed by atoms with Gasteiger partial charge < -0.3 is 4.98 Å². The van der Waals surface area contributed by atoms with Crippen LogP contribution >= 0.6 is 0 Å². The highest BCUT2D eigenvalue weighted by Crippen LogP contribution is 2.19. The van der Waals surface area contributed by atoms with Gasteiger partial charge in [0.1, 0.15) is 0 Å². The minimum absolute atomic E-state index is 0.0490. The molecule has 0 aliphatic carbocycles. The van der Waals surface area contributed by atoms with Crippen molar-refractivity contribution in [2.24, 2.45) is 0 Å². The Kier molecular flexibility index (Phi) is 2.61. The summed E-state index contributed by atoms with van der Waals surface area (Å²) < 4.78 is 0. The van der Waals surface area contributed by atoms with Gasteiger partial charge in [-0.2, -0.15) is 0 Å². The molecule has 0 saturated carbocycles. The van der Waals surface area contributed by atoms with E-state index in [1.807, 2.05) is 24.3 Å². The molecule has 4 heteroatoms. The van der Waals surface area contributed by atoms with Gasteiger partial charge in [0.15, 0.2) is 5.78 Å². The number of carbonyl (C=O) groups is 1. The summed E-state index contributed by atoms with van der Waals surface area (Å²) >= 11 is 0. The van der Waals surface area contributed by atoms with E-state index in [1.165, 1.54) is 0 Å². The standard InChI is InChI=1S/C14H11N3O/c18-14(7-10-8-15-5-6-16-10)12-9-17-13-4-2-1-3-11(12)13/h1-6,8-9,17H,7H2. The molecule has 0 bridgehead atoms. The summed E-state index contributed by atoms with van der Waals surface area (Å²) in [7, 11) is 0. The van der Waals surface area contributed by atoms with Gasteiger partial charge in [-0.1, -0.05) is 18.2 Å². The summed E-state index contributed by atoms with van der Waals surface area (Å²) in [6, 6.07) is 7.76. The van der Waals surface area contributed by atoms with E-state index >= 15 is 0 Å². The Bertz CT molecular complexity index is 688. The van der Waals surface area contributed by atoms with Crippen molar-refractivity contribution < 1.29 is 4.79 Å². The lowest BCUT2D eigenvalue weighted by Gasteiger charge is -1.98. The lowest BCUT2D eigenvalue weighted by Crippen LogP contribution is -2.04. The van der Waals surface area contributed by atoms with Crippen molar-refractivity contribution in [3.05, 3.63) is 60.3 Å². The van der Waals surface area contributed by atoms with E-state index in [0.717, 1.165) is 10.9 Å². The van der Waals surface area contributed by atoms with Gasteiger partial charge in [0.25, 0.3) is 0 Å². The third kappa shape index (κ3) is 1.88. The zero-order valence-corrected chi connectivity index (χ0v) is 9.63. The summed E-state index contributed by atoms with van der Waals surface area (Å²) in [5, 5.41) is 0.950.